The fourth-order valence-corrected chi connectivity index (χ4v) is 1.82. The van der Waals surface area contributed by atoms with Crippen LogP contribution in [0.3, 0.4) is 0 Å². The fourth-order valence-electron chi connectivity index (χ4n) is 1.82. The van der Waals surface area contributed by atoms with Crippen LogP contribution in [0.2, 0.25) is 0 Å². The zero-order chi connectivity index (χ0) is 14.0. The van der Waals surface area contributed by atoms with E-state index in [0.29, 0.717) is 17.1 Å². The van der Waals surface area contributed by atoms with Crippen LogP contribution in [-0.4, -0.2) is 31.1 Å². The van der Waals surface area contributed by atoms with Crippen molar-refractivity contribution in [3.63, 3.8) is 0 Å². The molecule has 0 unspecified atom stereocenters. The molecule has 0 aromatic heterocycles. The van der Waals surface area contributed by atoms with Gasteiger partial charge in [0.1, 0.15) is 12.3 Å². The van der Waals surface area contributed by atoms with E-state index in [9.17, 15) is 9.59 Å². The number of carbonyl (C=O) groups excluding carboxylic acids is 2. The average molecular weight is 264 g/mol. The Balaban J connectivity index is 2.21. The maximum atomic E-state index is 11.8. The number of amides is 1. The largest absolute Gasteiger partial charge is 0.481 e. The van der Waals surface area contributed by atoms with Crippen molar-refractivity contribution in [1.29, 1.82) is 0 Å². The summed E-state index contributed by atoms with van der Waals surface area (Å²) in [6.07, 6.45) is -0.213. The van der Waals surface area contributed by atoms with Crippen molar-refractivity contribution in [3.8, 4) is 5.75 Å². The van der Waals surface area contributed by atoms with Crippen LogP contribution in [0.1, 0.15) is 13.8 Å². The van der Waals surface area contributed by atoms with E-state index in [1.807, 2.05) is 0 Å². The quantitative estimate of drug-likeness (QED) is 0.649. The molecule has 0 spiro atoms. The smallest absolute Gasteiger partial charge is 0.326 e. The lowest BCUT2D eigenvalue weighted by Crippen LogP contribution is -2.42. The lowest BCUT2D eigenvalue weighted by molar-refractivity contribution is -0.146. The molecule has 0 radical (unpaired) electrons. The molecule has 0 saturated carbocycles. The molecule has 0 aliphatic carbocycles. The van der Waals surface area contributed by atoms with E-state index in [1.165, 1.54) is 4.90 Å². The molecular formula is C13H16N2O4. The van der Waals surface area contributed by atoms with Crippen molar-refractivity contribution in [2.24, 2.45) is 0 Å². The Morgan fingerprint density at radius 2 is 2.26 bits per heavy atom. The molecule has 1 amide bonds. The first-order valence-corrected chi connectivity index (χ1v) is 5.99. The van der Waals surface area contributed by atoms with Crippen LogP contribution in [0, 0.1) is 0 Å². The second-order valence-corrected chi connectivity index (χ2v) is 4.53. The minimum absolute atomic E-state index is 0.106. The monoisotopic (exact) mass is 264 g/mol. The van der Waals surface area contributed by atoms with E-state index >= 15 is 0 Å². The lowest BCUT2D eigenvalue weighted by atomic mass is 10.2. The van der Waals surface area contributed by atoms with E-state index < -0.39 is 5.97 Å². The number of rotatable bonds is 3. The number of nitrogens with two attached hydrogens (primary N) is 1. The highest BCUT2D eigenvalue weighted by Crippen LogP contribution is 2.33. The van der Waals surface area contributed by atoms with Crippen molar-refractivity contribution in [2.75, 3.05) is 23.8 Å². The molecule has 0 fully saturated rings. The summed E-state index contributed by atoms with van der Waals surface area (Å²) in [5, 5.41) is 0. The Kier molecular flexibility index (Phi) is 3.59. The van der Waals surface area contributed by atoms with Crippen molar-refractivity contribution in [2.45, 2.75) is 20.0 Å². The Labute approximate surface area is 111 Å². The normalized spacial score (nSPS) is 14.1. The van der Waals surface area contributed by atoms with Gasteiger partial charge in [0.25, 0.3) is 5.91 Å². The van der Waals surface area contributed by atoms with Crippen LogP contribution in [-0.2, 0) is 14.3 Å². The van der Waals surface area contributed by atoms with Crippen LogP contribution in [0.5, 0.6) is 5.75 Å². The number of carbonyl (C=O) groups is 2. The van der Waals surface area contributed by atoms with Gasteiger partial charge in [-0.15, -0.1) is 0 Å². The minimum atomic E-state index is -0.451. The zero-order valence-electron chi connectivity index (χ0n) is 10.9. The number of benzene rings is 1. The summed E-state index contributed by atoms with van der Waals surface area (Å²) in [5.41, 5.74) is 6.73. The molecule has 2 rings (SSSR count). The number of nitrogens with zero attached hydrogens (tertiary/aromatic N) is 1. The summed E-state index contributed by atoms with van der Waals surface area (Å²) in [6.45, 7) is 3.28. The first kappa shape index (κ1) is 13.2. The zero-order valence-corrected chi connectivity index (χ0v) is 10.9. The fraction of sp³-hybridized carbons (Fsp3) is 0.385. The molecule has 1 aromatic carbocycles. The Morgan fingerprint density at radius 3 is 2.95 bits per heavy atom. The van der Waals surface area contributed by atoms with Crippen LogP contribution in [0.15, 0.2) is 18.2 Å². The van der Waals surface area contributed by atoms with Crippen LogP contribution >= 0.6 is 0 Å². The molecule has 6 nitrogen and oxygen atoms in total. The minimum Gasteiger partial charge on any atom is -0.481 e. The van der Waals surface area contributed by atoms with Crippen LogP contribution < -0.4 is 15.4 Å². The van der Waals surface area contributed by atoms with Crippen LogP contribution in [0.4, 0.5) is 11.4 Å². The van der Waals surface area contributed by atoms with Gasteiger partial charge in [-0.05, 0) is 26.0 Å². The summed E-state index contributed by atoms with van der Waals surface area (Å²) in [4.78, 5) is 24.8. The number of nitrogen functional groups attached to an aromatic ring is 1. The molecule has 2 N–H and O–H groups in total. The van der Waals surface area contributed by atoms with Gasteiger partial charge in [-0.3, -0.25) is 14.5 Å². The molecular weight excluding hydrogens is 248 g/mol. The second-order valence-electron chi connectivity index (χ2n) is 4.53. The van der Waals surface area contributed by atoms with Crippen molar-refractivity contribution >= 4 is 23.3 Å². The number of hydrogen-bond acceptors (Lipinski definition) is 5. The van der Waals surface area contributed by atoms with Gasteiger partial charge in [-0.1, -0.05) is 0 Å². The van der Waals surface area contributed by atoms with Crippen molar-refractivity contribution in [1.82, 2.24) is 0 Å². The Bertz CT molecular complexity index is 513. The number of anilines is 2. The number of fused-ring (bicyclic) bond motifs is 1. The third kappa shape index (κ3) is 2.96. The van der Waals surface area contributed by atoms with Gasteiger partial charge >= 0.3 is 5.97 Å². The predicted octanol–water partition coefficient (Wildman–Crippen LogP) is 0.946. The molecule has 1 heterocycles. The molecule has 6 heteroatoms. The van der Waals surface area contributed by atoms with E-state index in [1.54, 1.807) is 32.0 Å². The summed E-state index contributed by atoms with van der Waals surface area (Å²) < 4.78 is 10.3. The van der Waals surface area contributed by atoms with E-state index in [2.05, 4.69) is 0 Å². The first-order valence-electron chi connectivity index (χ1n) is 5.99. The predicted molar refractivity (Wildman–Crippen MR) is 69.9 cm³/mol. The SMILES string of the molecule is CC(C)OC(=O)CN1C(=O)COc2cc(N)ccc21. The average Bonchev–Trinajstić information content (AvgIpc) is 2.32. The molecule has 0 atom stereocenters. The Morgan fingerprint density at radius 1 is 1.53 bits per heavy atom. The van der Waals surface area contributed by atoms with Gasteiger partial charge in [-0.2, -0.15) is 0 Å². The standard InChI is InChI=1S/C13H16N2O4/c1-8(2)19-13(17)6-15-10-4-3-9(14)5-11(10)18-7-12(15)16/h3-5,8H,6-7,14H2,1-2H3. The molecule has 102 valence electrons. The number of hydrogen-bond donors (Lipinski definition) is 1. The summed E-state index contributed by atoms with van der Waals surface area (Å²) in [6, 6.07) is 4.94. The van der Waals surface area contributed by atoms with E-state index in [-0.39, 0.29) is 25.2 Å². The highest BCUT2D eigenvalue weighted by atomic mass is 16.5. The molecule has 0 saturated heterocycles. The maximum Gasteiger partial charge on any atom is 0.326 e. The van der Waals surface area contributed by atoms with Gasteiger partial charge in [0.05, 0.1) is 11.8 Å². The van der Waals surface area contributed by atoms with Crippen LogP contribution in [0.25, 0.3) is 0 Å². The molecule has 1 aromatic rings. The first-order chi connectivity index (χ1) is 8.97. The number of ether oxygens (including phenoxy) is 2. The summed E-state index contributed by atoms with van der Waals surface area (Å²) >= 11 is 0. The highest BCUT2D eigenvalue weighted by molar-refractivity contribution is 6.01. The highest BCUT2D eigenvalue weighted by Gasteiger charge is 2.28. The van der Waals surface area contributed by atoms with Crippen molar-refractivity contribution in [3.05, 3.63) is 18.2 Å². The number of esters is 1. The Hall–Kier alpha value is -2.24. The van der Waals surface area contributed by atoms with Crippen molar-refractivity contribution < 1.29 is 19.1 Å². The third-order valence-electron chi connectivity index (χ3n) is 2.58. The lowest BCUT2D eigenvalue weighted by Gasteiger charge is -2.28. The third-order valence-corrected chi connectivity index (χ3v) is 2.58. The van der Waals surface area contributed by atoms with Gasteiger partial charge in [-0.25, -0.2) is 0 Å². The van der Waals surface area contributed by atoms with Gasteiger partial charge < -0.3 is 15.2 Å². The van der Waals surface area contributed by atoms with Gasteiger partial charge in [0.2, 0.25) is 0 Å². The molecule has 0 bridgehead atoms. The summed E-state index contributed by atoms with van der Waals surface area (Å²) in [5.74, 6) is -0.233. The molecule has 1 aliphatic heterocycles. The topological polar surface area (TPSA) is 81.9 Å². The molecule has 1 aliphatic rings. The van der Waals surface area contributed by atoms with E-state index in [0.717, 1.165) is 0 Å². The second kappa shape index (κ2) is 5.17. The summed E-state index contributed by atoms with van der Waals surface area (Å²) in [7, 11) is 0. The maximum absolute atomic E-state index is 11.8. The van der Waals surface area contributed by atoms with E-state index in [4.69, 9.17) is 15.2 Å². The van der Waals surface area contributed by atoms with Gasteiger partial charge in [0, 0.05) is 11.8 Å². The van der Waals surface area contributed by atoms with Gasteiger partial charge in [0.15, 0.2) is 6.61 Å². The molecule has 19 heavy (non-hydrogen) atoms.